The Bertz CT molecular complexity index is 476. The summed E-state index contributed by atoms with van der Waals surface area (Å²) in [6.45, 7) is 3.46. The lowest BCUT2D eigenvalue weighted by atomic mass is 10.3. The normalized spacial score (nSPS) is 10.6. The smallest absolute Gasteiger partial charge is 0.313 e. The minimum atomic E-state index is -0.884. The molecule has 1 amide bonds. The number of carbonyl (C=O) groups excluding carboxylic acids is 1. The third kappa shape index (κ3) is 6.17. The van der Waals surface area contributed by atoms with Crippen LogP contribution in [0.2, 0.25) is 0 Å². The van der Waals surface area contributed by atoms with E-state index in [1.807, 2.05) is 11.5 Å². The van der Waals surface area contributed by atoms with E-state index in [0.29, 0.717) is 31.3 Å². The van der Waals surface area contributed by atoms with Gasteiger partial charge in [-0.1, -0.05) is 18.7 Å². The largest absolute Gasteiger partial charge is 0.481 e. The highest BCUT2D eigenvalue weighted by Crippen LogP contribution is 2.19. The van der Waals surface area contributed by atoms with Gasteiger partial charge in [-0.2, -0.15) is 0 Å². The van der Waals surface area contributed by atoms with Crippen LogP contribution in [0.4, 0.5) is 0 Å². The Balaban J connectivity index is 2.57. The predicted molar refractivity (Wildman–Crippen MR) is 79.5 cm³/mol. The summed E-state index contributed by atoms with van der Waals surface area (Å²) in [7, 11) is 1.58. The van der Waals surface area contributed by atoms with Crippen LogP contribution in [0.5, 0.6) is 0 Å². The van der Waals surface area contributed by atoms with Crippen molar-refractivity contribution in [2.24, 2.45) is 0 Å². The fraction of sp³-hybridized carbons (Fsp3) is 0.615. The van der Waals surface area contributed by atoms with Crippen LogP contribution >= 0.6 is 11.8 Å². The van der Waals surface area contributed by atoms with Crippen molar-refractivity contribution < 1.29 is 19.4 Å². The van der Waals surface area contributed by atoms with Crippen LogP contribution in [0.25, 0.3) is 0 Å². The Morgan fingerprint density at radius 1 is 1.52 bits per heavy atom. The van der Waals surface area contributed by atoms with Gasteiger partial charge < -0.3 is 19.7 Å². The van der Waals surface area contributed by atoms with Gasteiger partial charge in [0.25, 0.3) is 0 Å². The minimum absolute atomic E-state index is 0.0415. The number of methoxy groups -OCH3 is 1. The molecular weight excluding hydrogens is 294 g/mol. The topological polar surface area (TPSA) is 93.5 Å². The van der Waals surface area contributed by atoms with Gasteiger partial charge in [0.1, 0.15) is 0 Å². The van der Waals surface area contributed by atoms with E-state index in [0.717, 1.165) is 12.1 Å². The number of ether oxygens (including phenoxy) is 1. The number of rotatable bonds is 10. The third-order valence-corrected chi connectivity index (χ3v) is 3.75. The fourth-order valence-electron chi connectivity index (χ4n) is 1.75. The van der Waals surface area contributed by atoms with Crippen molar-refractivity contribution >= 4 is 23.6 Å². The molecule has 21 heavy (non-hydrogen) atoms. The molecule has 0 saturated heterocycles. The lowest BCUT2D eigenvalue weighted by molar-refractivity contribution is -0.134. The Morgan fingerprint density at radius 3 is 2.90 bits per heavy atom. The zero-order valence-corrected chi connectivity index (χ0v) is 13.1. The van der Waals surface area contributed by atoms with E-state index in [9.17, 15) is 9.59 Å². The van der Waals surface area contributed by atoms with Crippen LogP contribution in [0.15, 0.2) is 11.4 Å². The second kappa shape index (κ2) is 9.41. The highest BCUT2D eigenvalue weighted by atomic mass is 32.2. The number of aryl methyl sites for hydroxylation is 1. The van der Waals surface area contributed by atoms with Crippen LogP contribution in [0.3, 0.4) is 0 Å². The van der Waals surface area contributed by atoms with E-state index in [-0.39, 0.29) is 11.7 Å². The number of hydrogen-bond acceptors (Lipinski definition) is 5. The summed E-state index contributed by atoms with van der Waals surface area (Å²) in [6.07, 6.45) is 2.84. The van der Waals surface area contributed by atoms with Gasteiger partial charge in [0.2, 0.25) is 5.91 Å². The van der Waals surface area contributed by atoms with Crippen molar-refractivity contribution in [3.63, 3.8) is 0 Å². The molecule has 0 aliphatic rings. The van der Waals surface area contributed by atoms with E-state index in [1.165, 1.54) is 11.8 Å². The molecule has 0 radical (unpaired) electrons. The van der Waals surface area contributed by atoms with Crippen molar-refractivity contribution in [1.82, 2.24) is 14.9 Å². The number of imidazole rings is 1. The number of amides is 1. The minimum Gasteiger partial charge on any atom is -0.481 e. The first-order valence-electron chi connectivity index (χ1n) is 6.73. The van der Waals surface area contributed by atoms with Crippen molar-refractivity contribution in [3.05, 3.63) is 11.9 Å². The molecule has 8 heteroatoms. The van der Waals surface area contributed by atoms with Crippen LogP contribution < -0.4 is 5.32 Å². The summed E-state index contributed by atoms with van der Waals surface area (Å²) >= 11 is 1.17. The van der Waals surface area contributed by atoms with Crippen molar-refractivity contribution in [1.29, 1.82) is 0 Å². The zero-order chi connectivity index (χ0) is 15.7. The molecule has 0 atom stereocenters. The quantitative estimate of drug-likeness (QED) is 0.489. The van der Waals surface area contributed by atoms with Crippen molar-refractivity contribution in [2.75, 3.05) is 26.0 Å². The van der Waals surface area contributed by atoms with Crippen LogP contribution in [0, 0.1) is 0 Å². The molecule has 0 aliphatic heterocycles. The molecule has 118 valence electrons. The van der Waals surface area contributed by atoms with E-state index in [2.05, 4.69) is 10.3 Å². The summed E-state index contributed by atoms with van der Waals surface area (Å²) < 4.78 is 6.77. The molecule has 0 unspecified atom stereocenters. The maximum atomic E-state index is 11.7. The molecule has 1 aromatic heterocycles. The summed E-state index contributed by atoms with van der Waals surface area (Å²) in [4.78, 5) is 26.6. The number of nitrogens with one attached hydrogen (secondary N) is 1. The number of aliphatic carboxylic acids is 1. The predicted octanol–water partition coefficient (Wildman–Crippen LogP) is 0.775. The fourth-order valence-corrected chi connectivity index (χ4v) is 2.49. The van der Waals surface area contributed by atoms with Crippen molar-refractivity contribution in [3.8, 4) is 0 Å². The molecule has 0 aliphatic carbocycles. The molecule has 1 aromatic rings. The molecule has 0 saturated carbocycles. The molecule has 0 fully saturated rings. The Labute approximate surface area is 128 Å². The standard InChI is InChI=1S/C13H21N3O4S/c1-3-10-8-15-13(21-9-12(18)19)16(10)6-4-11(17)14-5-7-20-2/h8H,3-7,9H2,1-2H3,(H,14,17)(H,18,19). The highest BCUT2D eigenvalue weighted by Gasteiger charge is 2.12. The van der Waals surface area contributed by atoms with Gasteiger partial charge in [-0.3, -0.25) is 9.59 Å². The Kier molecular flexibility index (Phi) is 7.84. The second-order valence-electron chi connectivity index (χ2n) is 4.31. The lowest BCUT2D eigenvalue weighted by Crippen LogP contribution is -2.28. The third-order valence-electron chi connectivity index (χ3n) is 2.78. The first-order valence-corrected chi connectivity index (χ1v) is 7.71. The Hall–Kier alpha value is -1.54. The van der Waals surface area contributed by atoms with Gasteiger partial charge in [0.15, 0.2) is 5.16 Å². The van der Waals surface area contributed by atoms with Gasteiger partial charge in [0, 0.05) is 38.5 Å². The molecular formula is C13H21N3O4S. The number of aromatic nitrogens is 2. The number of hydrogen-bond donors (Lipinski definition) is 2. The molecule has 0 spiro atoms. The summed E-state index contributed by atoms with van der Waals surface area (Å²) in [5.74, 6) is -0.984. The maximum Gasteiger partial charge on any atom is 0.313 e. The van der Waals surface area contributed by atoms with Gasteiger partial charge in [-0.25, -0.2) is 4.98 Å². The lowest BCUT2D eigenvalue weighted by Gasteiger charge is -2.10. The number of carbonyl (C=O) groups is 2. The highest BCUT2D eigenvalue weighted by molar-refractivity contribution is 7.99. The van der Waals surface area contributed by atoms with Crippen molar-refractivity contribution in [2.45, 2.75) is 31.5 Å². The van der Waals surface area contributed by atoms with Gasteiger partial charge in [-0.05, 0) is 6.42 Å². The molecule has 2 N–H and O–H groups in total. The average molecular weight is 315 g/mol. The summed E-state index contributed by atoms with van der Waals surface area (Å²) in [6, 6.07) is 0. The van der Waals surface area contributed by atoms with E-state index in [1.54, 1.807) is 13.3 Å². The first kappa shape index (κ1) is 17.5. The molecule has 0 bridgehead atoms. The maximum absolute atomic E-state index is 11.7. The molecule has 1 rings (SSSR count). The SMILES string of the molecule is CCc1cnc(SCC(=O)O)n1CCC(=O)NCCOC. The number of carboxylic acid groups (broad SMARTS) is 1. The van der Waals surface area contributed by atoms with Gasteiger partial charge in [0.05, 0.1) is 12.4 Å². The molecule has 7 nitrogen and oxygen atoms in total. The van der Waals surface area contributed by atoms with Crippen LogP contribution in [0.1, 0.15) is 19.0 Å². The van der Waals surface area contributed by atoms with E-state index >= 15 is 0 Å². The van der Waals surface area contributed by atoms with Gasteiger partial charge >= 0.3 is 5.97 Å². The second-order valence-corrected chi connectivity index (χ2v) is 5.25. The van der Waals surface area contributed by atoms with Crippen LogP contribution in [-0.4, -0.2) is 52.5 Å². The van der Waals surface area contributed by atoms with E-state index < -0.39 is 5.97 Å². The summed E-state index contributed by atoms with van der Waals surface area (Å²) in [5.41, 5.74) is 0.993. The molecule has 1 heterocycles. The number of thioether (sulfide) groups is 1. The number of nitrogens with zero attached hydrogens (tertiary/aromatic N) is 2. The monoisotopic (exact) mass is 315 g/mol. The summed E-state index contributed by atoms with van der Waals surface area (Å²) in [5, 5.41) is 12.1. The first-order chi connectivity index (χ1) is 10.1. The molecule has 0 aromatic carbocycles. The van der Waals surface area contributed by atoms with Gasteiger partial charge in [-0.15, -0.1) is 0 Å². The van der Waals surface area contributed by atoms with Crippen LogP contribution in [-0.2, 0) is 27.3 Å². The van der Waals surface area contributed by atoms with E-state index in [4.69, 9.17) is 9.84 Å². The number of carboxylic acids is 1. The Morgan fingerprint density at radius 2 is 2.29 bits per heavy atom. The zero-order valence-electron chi connectivity index (χ0n) is 12.3. The average Bonchev–Trinajstić information content (AvgIpc) is 2.85.